The second-order valence-electron chi connectivity index (χ2n) is 4.37. The van der Waals surface area contributed by atoms with E-state index in [9.17, 15) is 4.79 Å². The van der Waals surface area contributed by atoms with E-state index in [0.717, 1.165) is 10.0 Å². The average Bonchev–Trinajstić information content (AvgIpc) is 2.46. The predicted octanol–water partition coefficient (Wildman–Crippen LogP) is 6.28. The number of carbonyl (C=O) groups excluding carboxylic acids is 1. The van der Waals surface area contributed by atoms with Crippen LogP contribution in [-0.2, 0) is 10.5 Å². The molecule has 0 radical (unpaired) electrons. The monoisotopic (exact) mass is 437 g/mol. The van der Waals surface area contributed by atoms with Gasteiger partial charge in [0.05, 0.1) is 10.8 Å². The standard InChI is InChI=1S/C15H11BrCl3NOS/c16-11-5-4-9(6-14(11)19)20-15(21)8-22-7-10-12(17)2-1-3-13(10)18/h1-6H,7-8H2,(H,20,21). The van der Waals surface area contributed by atoms with Gasteiger partial charge in [-0.3, -0.25) is 4.79 Å². The molecule has 2 nitrogen and oxygen atoms in total. The number of hydrogen-bond donors (Lipinski definition) is 1. The van der Waals surface area contributed by atoms with Crippen molar-refractivity contribution in [2.45, 2.75) is 5.75 Å². The summed E-state index contributed by atoms with van der Waals surface area (Å²) in [5.41, 5.74) is 1.50. The van der Waals surface area contributed by atoms with Gasteiger partial charge in [-0.15, -0.1) is 11.8 Å². The SMILES string of the molecule is O=C(CSCc1c(Cl)cccc1Cl)Nc1ccc(Br)c(Cl)c1. The van der Waals surface area contributed by atoms with Crippen LogP contribution in [0.2, 0.25) is 15.1 Å². The largest absolute Gasteiger partial charge is 0.325 e. The van der Waals surface area contributed by atoms with Crippen LogP contribution in [0.1, 0.15) is 5.56 Å². The molecule has 22 heavy (non-hydrogen) atoms. The Morgan fingerprint density at radius 1 is 1.09 bits per heavy atom. The maximum atomic E-state index is 11.9. The third kappa shape index (κ3) is 5.07. The van der Waals surface area contributed by atoms with Crippen LogP contribution in [0.4, 0.5) is 5.69 Å². The van der Waals surface area contributed by atoms with Crippen LogP contribution in [0.25, 0.3) is 0 Å². The van der Waals surface area contributed by atoms with Crippen LogP contribution in [-0.4, -0.2) is 11.7 Å². The Bertz CT molecular complexity index is 676. The Morgan fingerprint density at radius 2 is 1.77 bits per heavy atom. The van der Waals surface area contributed by atoms with E-state index in [2.05, 4.69) is 21.2 Å². The van der Waals surface area contributed by atoms with Crippen molar-refractivity contribution in [3.8, 4) is 0 Å². The second kappa shape index (κ2) is 8.46. The molecule has 0 unspecified atom stereocenters. The maximum absolute atomic E-state index is 11.9. The summed E-state index contributed by atoms with van der Waals surface area (Å²) in [7, 11) is 0. The van der Waals surface area contributed by atoms with Crippen molar-refractivity contribution in [2.24, 2.45) is 0 Å². The van der Waals surface area contributed by atoms with Crippen molar-refractivity contribution in [1.82, 2.24) is 0 Å². The Balaban J connectivity index is 1.86. The second-order valence-corrected chi connectivity index (χ2v) is 7.43. The van der Waals surface area contributed by atoms with Gasteiger partial charge in [0.2, 0.25) is 5.91 Å². The summed E-state index contributed by atoms with van der Waals surface area (Å²) in [6.45, 7) is 0. The number of carbonyl (C=O) groups is 1. The van der Waals surface area contributed by atoms with E-state index < -0.39 is 0 Å². The summed E-state index contributed by atoms with van der Waals surface area (Å²) in [5, 5.41) is 4.57. The summed E-state index contributed by atoms with van der Waals surface area (Å²) >= 11 is 22.9. The number of rotatable bonds is 5. The molecule has 0 spiro atoms. The molecule has 0 aliphatic rings. The Kier molecular flexibility index (Phi) is 6.90. The maximum Gasteiger partial charge on any atom is 0.234 e. The summed E-state index contributed by atoms with van der Waals surface area (Å²) in [5.74, 6) is 0.772. The first kappa shape index (κ1) is 18.0. The highest BCUT2D eigenvalue weighted by Gasteiger charge is 2.08. The molecule has 2 rings (SSSR count). The van der Waals surface area contributed by atoms with E-state index in [1.165, 1.54) is 11.8 Å². The quantitative estimate of drug-likeness (QED) is 0.594. The number of halogens is 4. The molecule has 1 N–H and O–H groups in total. The lowest BCUT2D eigenvalue weighted by Crippen LogP contribution is -2.14. The van der Waals surface area contributed by atoms with Crippen LogP contribution in [0.15, 0.2) is 40.9 Å². The summed E-state index contributed by atoms with van der Waals surface area (Å²) in [6, 6.07) is 10.6. The van der Waals surface area contributed by atoms with Crippen LogP contribution in [0.3, 0.4) is 0 Å². The van der Waals surface area contributed by atoms with Crippen molar-refractivity contribution >= 4 is 74.1 Å². The molecule has 2 aromatic rings. The predicted molar refractivity (Wildman–Crippen MR) is 100 cm³/mol. The number of hydrogen-bond acceptors (Lipinski definition) is 2. The fourth-order valence-electron chi connectivity index (χ4n) is 1.69. The fourth-order valence-corrected chi connectivity index (χ4v) is 3.68. The van der Waals surface area contributed by atoms with Crippen molar-refractivity contribution in [1.29, 1.82) is 0 Å². The molecule has 0 aliphatic heterocycles. The first-order valence-corrected chi connectivity index (χ1v) is 9.31. The van der Waals surface area contributed by atoms with Crippen LogP contribution in [0.5, 0.6) is 0 Å². The summed E-state index contributed by atoms with van der Waals surface area (Å²) in [4.78, 5) is 11.9. The smallest absolute Gasteiger partial charge is 0.234 e. The zero-order valence-corrected chi connectivity index (χ0v) is 15.9. The zero-order chi connectivity index (χ0) is 16.1. The molecule has 0 heterocycles. The molecular weight excluding hydrogens is 429 g/mol. The molecule has 0 saturated heterocycles. The number of anilines is 1. The Hall–Kier alpha value is -0.390. The van der Waals surface area contributed by atoms with Crippen molar-refractivity contribution < 1.29 is 4.79 Å². The third-order valence-corrected chi connectivity index (χ3v) is 5.64. The normalized spacial score (nSPS) is 10.5. The average molecular weight is 440 g/mol. The number of thioether (sulfide) groups is 1. The Labute approximate surface area is 156 Å². The highest BCUT2D eigenvalue weighted by atomic mass is 79.9. The van der Waals surface area contributed by atoms with Crippen molar-refractivity contribution in [2.75, 3.05) is 11.1 Å². The molecule has 0 atom stereocenters. The topological polar surface area (TPSA) is 29.1 Å². The van der Waals surface area contributed by atoms with E-state index >= 15 is 0 Å². The number of amides is 1. The minimum absolute atomic E-state index is 0.105. The van der Waals surface area contributed by atoms with Gasteiger partial charge in [0, 0.05) is 26.0 Å². The molecule has 1 amide bonds. The molecule has 0 bridgehead atoms. The lowest BCUT2D eigenvalue weighted by atomic mass is 10.2. The minimum atomic E-state index is -0.105. The first-order valence-electron chi connectivity index (χ1n) is 6.23. The minimum Gasteiger partial charge on any atom is -0.325 e. The van der Waals surface area contributed by atoms with Gasteiger partial charge in [-0.1, -0.05) is 40.9 Å². The van der Waals surface area contributed by atoms with Crippen molar-refractivity contribution in [3.05, 3.63) is 61.5 Å². The van der Waals surface area contributed by atoms with E-state index in [1.807, 2.05) is 0 Å². The summed E-state index contributed by atoms with van der Waals surface area (Å²) < 4.78 is 0.787. The van der Waals surface area contributed by atoms with Gasteiger partial charge in [-0.25, -0.2) is 0 Å². The fraction of sp³-hybridized carbons (Fsp3) is 0.133. The van der Waals surface area contributed by atoms with Gasteiger partial charge < -0.3 is 5.32 Å². The molecule has 0 aromatic heterocycles. The lowest BCUT2D eigenvalue weighted by Gasteiger charge is -2.08. The molecule has 0 aliphatic carbocycles. The highest BCUT2D eigenvalue weighted by molar-refractivity contribution is 9.10. The molecule has 116 valence electrons. The van der Waals surface area contributed by atoms with Gasteiger partial charge in [0.1, 0.15) is 0 Å². The lowest BCUT2D eigenvalue weighted by molar-refractivity contribution is -0.113. The van der Waals surface area contributed by atoms with Gasteiger partial charge >= 0.3 is 0 Å². The third-order valence-electron chi connectivity index (χ3n) is 2.74. The van der Waals surface area contributed by atoms with Gasteiger partial charge in [0.15, 0.2) is 0 Å². The number of benzene rings is 2. The summed E-state index contributed by atoms with van der Waals surface area (Å²) in [6.07, 6.45) is 0. The number of nitrogens with one attached hydrogen (secondary N) is 1. The van der Waals surface area contributed by atoms with E-state index in [0.29, 0.717) is 32.3 Å². The van der Waals surface area contributed by atoms with Crippen LogP contribution < -0.4 is 5.32 Å². The van der Waals surface area contributed by atoms with Gasteiger partial charge in [-0.2, -0.15) is 0 Å². The molecule has 0 fully saturated rings. The van der Waals surface area contributed by atoms with E-state index in [1.54, 1.807) is 36.4 Å². The van der Waals surface area contributed by atoms with Crippen molar-refractivity contribution in [3.63, 3.8) is 0 Å². The molecule has 7 heteroatoms. The van der Waals surface area contributed by atoms with Gasteiger partial charge in [0.25, 0.3) is 0 Å². The van der Waals surface area contributed by atoms with Crippen LogP contribution >= 0.6 is 62.5 Å². The molecule has 0 saturated carbocycles. The molecular formula is C15H11BrCl3NOS. The van der Waals surface area contributed by atoms with Crippen LogP contribution in [0, 0.1) is 0 Å². The van der Waals surface area contributed by atoms with E-state index in [-0.39, 0.29) is 5.91 Å². The van der Waals surface area contributed by atoms with E-state index in [4.69, 9.17) is 34.8 Å². The highest BCUT2D eigenvalue weighted by Crippen LogP contribution is 2.28. The van der Waals surface area contributed by atoms with Gasteiger partial charge in [-0.05, 0) is 51.8 Å². The molecule has 2 aromatic carbocycles. The Morgan fingerprint density at radius 3 is 2.41 bits per heavy atom. The zero-order valence-electron chi connectivity index (χ0n) is 11.2. The first-order chi connectivity index (χ1) is 10.5.